The summed E-state index contributed by atoms with van der Waals surface area (Å²) in [6.07, 6.45) is 12.0. The lowest BCUT2D eigenvalue weighted by atomic mass is 9.58. The fourth-order valence-electron chi connectivity index (χ4n) is 6.31. The lowest BCUT2D eigenvalue weighted by Crippen LogP contribution is -2.39. The summed E-state index contributed by atoms with van der Waals surface area (Å²) in [7, 11) is 0. The van der Waals surface area contributed by atoms with Gasteiger partial charge in [-0.3, -0.25) is 4.99 Å². The molecule has 1 N–H and O–H groups in total. The zero-order valence-electron chi connectivity index (χ0n) is 14.8. The molecule has 0 heterocycles. The first-order valence-corrected chi connectivity index (χ1v) is 9.91. The summed E-state index contributed by atoms with van der Waals surface area (Å²) in [5, 5.41) is 12.6. The molecule has 0 saturated heterocycles. The predicted molar refractivity (Wildman–Crippen MR) is 103 cm³/mol. The largest absolute Gasteiger partial charge is 0.507 e. The predicted octanol–water partition coefficient (Wildman–Crippen LogP) is 5.57. The molecule has 0 unspecified atom stereocenters. The van der Waals surface area contributed by atoms with Crippen LogP contribution >= 0.6 is 0 Å². The van der Waals surface area contributed by atoms with Gasteiger partial charge in [0.2, 0.25) is 0 Å². The van der Waals surface area contributed by atoms with Gasteiger partial charge in [0.15, 0.2) is 0 Å². The molecule has 0 amide bonds. The van der Waals surface area contributed by atoms with Gasteiger partial charge in [-0.2, -0.15) is 0 Å². The maximum Gasteiger partial charge on any atom is 0.124 e. The quantitative estimate of drug-likeness (QED) is 0.732. The van der Waals surface area contributed by atoms with E-state index in [0.29, 0.717) is 11.2 Å². The molecule has 0 radical (unpaired) electrons. The molecule has 2 aromatic rings. The molecule has 4 saturated carbocycles. The highest BCUT2D eigenvalue weighted by molar-refractivity contribution is 6.02. The van der Waals surface area contributed by atoms with Crippen molar-refractivity contribution in [2.45, 2.75) is 44.9 Å². The summed E-state index contributed by atoms with van der Waals surface area (Å²) in [5.41, 5.74) is 1.32. The zero-order valence-corrected chi connectivity index (χ0v) is 14.8. The third-order valence-electron chi connectivity index (χ3n) is 7.08. The Morgan fingerprint density at radius 3 is 2.48 bits per heavy atom. The van der Waals surface area contributed by atoms with Crippen LogP contribution in [-0.4, -0.2) is 17.9 Å². The minimum Gasteiger partial charge on any atom is -0.507 e. The Hall–Kier alpha value is -1.83. The Kier molecular flexibility index (Phi) is 3.62. The normalized spacial score (nSPS) is 34.0. The third kappa shape index (κ3) is 2.76. The van der Waals surface area contributed by atoms with Gasteiger partial charge in [0.25, 0.3) is 0 Å². The maximum atomic E-state index is 10.3. The second-order valence-electron chi connectivity index (χ2n) is 8.95. The van der Waals surface area contributed by atoms with Crippen molar-refractivity contribution in [3.8, 4) is 5.75 Å². The Morgan fingerprint density at radius 2 is 1.68 bits per heavy atom. The molecule has 4 bridgehead atoms. The molecule has 0 aliphatic heterocycles. The Labute approximate surface area is 150 Å². The first kappa shape index (κ1) is 15.4. The van der Waals surface area contributed by atoms with Gasteiger partial charge in [0, 0.05) is 18.3 Å². The highest BCUT2D eigenvalue weighted by atomic mass is 16.3. The smallest absolute Gasteiger partial charge is 0.124 e. The molecule has 2 atom stereocenters. The van der Waals surface area contributed by atoms with Gasteiger partial charge < -0.3 is 5.11 Å². The van der Waals surface area contributed by atoms with Crippen LogP contribution in [0.2, 0.25) is 0 Å². The van der Waals surface area contributed by atoms with Gasteiger partial charge in [-0.15, -0.1) is 0 Å². The lowest BCUT2D eigenvalue weighted by molar-refractivity contribution is 0.0428. The SMILES string of the molecule is Oc1ccc2ccccc2c1C=NCC12CC3C[C@@H](CC[C@H](C3)C1)C2. The van der Waals surface area contributed by atoms with Crippen molar-refractivity contribution in [1.82, 2.24) is 0 Å². The molecule has 2 heteroatoms. The maximum absolute atomic E-state index is 10.3. The summed E-state index contributed by atoms with van der Waals surface area (Å²) in [6, 6.07) is 12.0. The number of phenols is 1. The number of aromatic hydroxyl groups is 1. The summed E-state index contributed by atoms with van der Waals surface area (Å²) < 4.78 is 0. The Balaban J connectivity index is 1.42. The number of rotatable bonds is 3. The number of fused-ring (bicyclic) bond motifs is 2. The average Bonchev–Trinajstić information content (AvgIpc) is 2.82. The van der Waals surface area contributed by atoms with Crippen molar-refractivity contribution in [2.24, 2.45) is 28.2 Å². The van der Waals surface area contributed by atoms with E-state index in [2.05, 4.69) is 12.1 Å². The summed E-state index contributed by atoms with van der Waals surface area (Å²) in [6.45, 7) is 0.944. The van der Waals surface area contributed by atoms with Gasteiger partial charge in [-0.1, -0.05) is 43.2 Å². The molecule has 6 rings (SSSR count). The molecule has 0 aromatic heterocycles. The van der Waals surface area contributed by atoms with Crippen LogP contribution in [0.5, 0.6) is 5.75 Å². The number of phenolic OH excluding ortho intramolecular Hbond substituents is 1. The van der Waals surface area contributed by atoms with E-state index in [1.165, 1.54) is 44.9 Å². The minimum atomic E-state index is 0.338. The molecule has 2 nitrogen and oxygen atoms in total. The van der Waals surface area contributed by atoms with Crippen molar-refractivity contribution in [3.63, 3.8) is 0 Å². The van der Waals surface area contributed by atoms with Crippen LogP contribution in [0.3, 0.4) is 0 Å². The molecule has 130 valence electrons. The molecular formula is C23H27NO. The fraction of sp³-hybridized carbons (Fsp3) is 0.522. The van der Waals surface area contributed by atoms with E-state index in [0.717, 1.165) is 40.6 Å². The van der Waals surface area contributed by atoms with E-state index >= 15 is 0 Å². The molecule has 4 aliphatic carbocycles. The zero-order chi connectivity index (χ0) is 16.9. The van der Waals surface area contributed by atoms with Gasteiger partial charge in [-0.05, 0) is 72.1 Å². The molecule has 4 aliphatic rings. The Bertz CT molecular complexity index is 808. The average molecular weight is 333 g/mol. The van der Waals surface area contributed by atoms with Crippen molar-refractivity contribution in [3.05, 3.63) is 42.0 Å². The van der Waals surface area contributed by atoms with E-state index in [1.54, 1.807) is 6.07 Å². The topological polar surface area (TPSA) is 32.6 Å². The second-order valence-corrected chi connectivity index (χ2v) is 8.95. The Morgan fingerprint density at radius 1 is 0.960 bits per heavy atom. The van der Waals surface area contributed by atoms with Crippen LogP contribution in [0.25, 0.3) is 10.8 Å². The summed E-state index contributed by atoms with van der Waals surface area (Å²) >= 11 is 0. The van der Waals surface area contributed by atoms with Gasteiger partial charge >= 0.3 is 0 Å². The molecular weight excluding hydrogens is 306 g/mol. The standard InChI is InChI=1S/C23H27NO/c25-22-8-7-19-3-1-2-4-20(19)21(22)14-24-15-23-11-16-5-6-17(12-23)10-18(9-16)13-23/h1-4,7-8,14,16-18,25H,5-6,9-13,15H2/t16-,17-,18?,23?/m1/s1. The monoisotopic (exact) mass is 333 g/mol. The van der Waals surface area contributed by atoms with Crippen LogP contribution in [0.4, 0.5) is 0 Å². The number of benzene rings is 2. The van der Waals surface area contributed by atoms with Crippen LogP contribution in [0.15, 0.2) is 41.4 Å². The number of hydrogen-bond donors (Lipinski definition) is 1. The molecule has 4 fully saturated rings. The van der Waals surface area contributed by atoms with Crippen LogP contribution in [0, 0.1) is 23.2 Å². The third-order valence-corrected chi connectivity index (χ3v) is 7.08. The molecule has 2 aromatic carbocycles. The summed E-state index contributed by atoms with van der Waals surface area (Å²) in [5.74, 6) is 3.20. The van der Waals surface area contributed by atoms with Gasteiger partial charge in [0.05, 0.1) is 0 Å². The fourth-order valence-corrected chi connectivity index (χ4v) is 6.31. The van der Waals surface area contributed by atoms with E-state index in [9.17, 15) is 5.11 Å². The van der Waals surface area contributed by atoms with E-state index in [-0.39, 0.29) is 0 Å². The van der Waals surface area contributed by atoms with Crippen molar-refractivity contribution in [1.29, 1.82) is 0 Å². The highest BCUT2D eigenvalue weighted by Gasteiger charge is 2.48. The number of aliphatic imine (C=N–C) groups is 1. The number of hydrogen-bond acceptors (Lipinski definition) is 2. The lowest BCUT2D eigenvalue weighted by Gasteiger charge is -2.47. The van der Waals surface area contributed by atoms with Crippen LogP contribution in [-0.2, 0) is 0 Å². The van der Waals surface area contributed by atoms with Crippen LogP contribution < -0.4 is 0 Å². The second kappa shape index (κ2) is 5.86. The van der Waals surface area contributed by atoms with Crippen molar-refractivity contribution in [2.75, 3.05) is 6.54 Å². The van der Waals surface area contributed by atoms with Gasteiger partial charge in [0.1, 0.15) is 5.75 Å². The van der Waals surface area contributed by atoms with Gasteiger partial charge in [-0.25, -0.2) is 0 Å². The molecule has 0 spiro atoms. The summed E-state index contributed by atoms with van der Waals surface area (Å²) in [4.78, 5) is 4.90. The van der Waals surface area contributed by atoms with Crippen LogP contribution in [0.1, 0.15) is 50.5 Å². The minimum absolute atomic E-state index is 0.338. The highest BCUT2D eigenvalue weighted by Crippen LogP contribution is 2.57. The van der Waals surface area contributed by atoms with E-state index in [4.69, 9.17) is 4.99 Å². The van der Waals surface area contributed by atoms with Crippen molar-refractivity contribution < 1.29 is 5.11 Å². The first-order chi connectivity index (χ1) is 12.2. The molecule has 25 heavy (non-hydrogen) atoms. The first-order valence-electron chi connectivity index (χ1n) is 9.91. The number of nitrogens with zero attached hydrogens (tertiary/aromatic N) is 1. The van der Waals surface area contributed by atoms with E-state index < -0.39 is 0 Å². The van der Waals surface area contributed by atoms with Crippen molar-refractivity contribution >= 4 is 17.0 Å². The van der Waals surface area contributed by atoms with E-state index in [1.807, 2.05) is 24.4 Å².